The first-order valence-corrected chi connectivity index (χ1v) is 10.2. The molecule has 1 aliphatic heterocycles. The van der Waals surface area contributed by atoms with Crippen LogP contribution >= 0.6 is 11.3 Å². The highest BCUT2D eigenvalue weighted by Gasteiger charge is 2.22. The molecule has 28 heavy (non-hydrogen) atoms. The monoisotopic (exact) mass is 399 g/mol. The molecule has 1 fully saturated rings. The number of nitrogens with one attached hydrogen (secondary N) is 1. The number of benzene rings is 1. The highest BCUT2D eigenvalue weighted by Crippen LogP contribution is 2.30. The predicted molar refractivity (Wildman–Crippen MR) is 110 cm³/mol. The fourth-order valence-electron chi connectivity index (χ4n) is 3.39. The first kappa shape index (κ1) is 18.8. The maximum Gasteiger partial charge on any atom is 0.238 e. The Kier molecular flexibility index (Phi) is 5.50. The zero-order chi connectivity index (χ0) is 19.5. The average molecular weight is 399 g/mol. The molecule has 0 atom stereocenters. The number of hydrogen-bond donors (Lipinski definition) is 1. The minimum absolute atomic E-state index is 0.201. The lowest BCUT2D eigenvalue weighted by Gasteiger charge is -2.35. The zero-order valence-electron chi connectivity index (χ0n) is 15.7. The van der Waals surface area contributed by atoms with Crippen LogP contribution in [-0.2, 0) is 11.2 Å². The number of rotatable bonds is 5. The summed E-state index contributed by atoms with van der Waals surface area (Å²) in [7, 11) is 0. The van der Waals surface area contributed by atoms with E-state index in [4.69, 9.17) is 0 Å². The summed E-state index contributed by atoms with van der Waals surface area (Å²) < 4.78 is 13.7. The van der Waals surface area contributed by atoms with Crippen molar-refractivity contribution in [1.29, 1.82) is 0 Å². The van der Waals surface area contributed by atoms with Gasteiger partial charge in [-0.05, 0) is 24.6 Å². The molecule has 3 heterocycles. The molecule has 1 aliphatic rings. The SMILES string of the molecule is CCc1cc2c(N3CCN(CC(=O)Nc4ccccc4F)CC3)ncnc2s1. The largest absolute Gasteiger partial charge is 0.353 e. The van der Waals surface area contributed by atoms with E-state index >= 15 is 0 Å². The van der Waals surface area contributed by atoms with Crippen LogP contribution in [-0.4, -0.2) is 53.5 Å². The fourth-order valence-corrected chi connectivity index (χ4v) is 4.32. The van der Waals surface area contributed by atoms with Crippen molar-refractivity contribution in [3.63, 3.8) is 0 Å². The molecule has 4 rings (SSSR count). The van der Waals surface area contributed by atoms with Gasteiger partial charge in [0.2, 0.25) is 5.91 Å². The first-order valence-electron chi connectivity index (χ1n) is 9.39. The summed E-state index contributed by atoms with van der Waals surface area (Å²) in [5.41, 5.74) is 0.221. The number of nitrogens with zero attached hydrogens (tertiary/aromatic N) is 4. The molecule has 146 valence electrons. The van der Waals surface area contributed by atoms with Crippen LogP contribution in [0.1, 0.15) is 11.8 Å². The molecule has 1 aromatic carbocycles. The van der Waals surface area contributed by atoms with E-state index in [0.717, 1.165) is 48.6 Å². The van der Waals surface area contributed by atoms with Gasteiger partial charge in [-0.15, -0.1) is 11.3 Å². The Labute approximate surface area is 167 Å². The molecule has 0 aliphatic carbocycles. The molecule has 1 amide bonds. The van der Waals surface area contributed by atoms with Gasteiger partial charge in [0.1, 0.15) is 22.8 Å². The van der Waals surface area contributed by atoms with Crippen molar-refractivity contribution < 1.29 is 9.18 Å². The number of amides is 1. The highest BCUT2D eigenvalue weighted by molar-refractivity contribution is 7.18. The van der Waals surface area contributed by atoms with Crippen molar-refractivity contribution in [3.05, 3.63) is 47.4 Å². The van der Waals surface area contributed by atoms with Crippen molar-refractivity contribution in [1.82, 2.24) is 14.9 Å². The van der Waals surface area contributed by atoms with Gasteiger partial charge in [-0.2, -0.15) is 0 Å². The number of halogens is 1. The molecular weight excluding hydrogens is 377 g/mol. The van der Waals surface area contributed by atoms with Gasteiger partial charge >= 0.3 is 0 Å². The lowest BCUT2D eigenvalue weighted by molar-refractivity contribution is -0.117. The van der Waals surface area contributed by atoms with Crippen molar-refractivity contribution in [2.75, 3.05) is 42.9 Å². The zero-order valence-corrected chi connectivity index (χ0v) is 16.5. The summed E-state index contributed by atoms with van der Waals surface area (Å²) in [6, 6.07) is 8.39. The maximum atomic E-state index is 13.7. The van der Waals surface area contributed by atoms with Gasteiger partial charge in [-0.3, -0.25) is 9.69 Å². The highest BCUT2D eigenvalue weighted by atomic mass is 32.1. The van der Waals surface area contributed by atoms with Crippen LogP contribution in [0.25, 0.3) is 10.2 Å². The Bertz CT molecular complexity index is 984. The number of carbonyl (C=O) groups is 1. The minimum atomic E-state index is -0.421. The standard InChI is InChI=1S/C20H22FN5OS/c1-2-14-11-15-19(22-13-23-20(15)28-14)26-9-7-25(8-10-26)12-18(27)24-17-6-4-3-5-16(17)21/h3-6,11,13H,2,7-10,12H2,1H3,(H,24,27). The number of hydrogen-bond acceptors (Lipinski definition) is 6. The summed E-state index contributed by atoms with van der Waals surface area (Å²) in [6.45, 7) is 5.47. The molecule has 6 nitrogen and oxygen atoms in total. The second kappa shape index (κ2) is 8.20. The summed E-state index contributed by atoms with van der Waals surface area (Å²) in [4.78, 5) is 27.8. The molecule has 0 bridgehead atoms. The average Bonchev–Trinajstić information content (AvgIpc) is 3.14. The molecule has 1 saturated heterocycles. The molecule has 1 N–H and O–H groups in total. The third kappa shape index (κ3) is 3.98. The van der Waals surface area contributed by atoms with Crippen molar-refractivity contribution in [2.45, 2.75) is 13.3 Å². The Hall–Kier alpha value is -2.58. The van der Waals surface area contributed by atoms with Gasteiger partial charge in [-0.1, -0.05) is 19.1 Å². The summed E-state index contributed by atoms with van der Waals surface area (Å²) in [5.74, 6) is 0.348. The topological polar surface area (TPSA) is 61.4 Å². The lowest BCUT2D eigenvalue weighted by atomic mass is 10.2. The number of thiophene rings is 1. The van der Waals surface area contributed by atoms with Gasteiger partial charge in [-0.25, -0.2) is 14.4 Å². The van der Waals surface area contributed by atoms with Gasteiger partial charge in [0.05, 0.1) is 17.6 Å². The van der Waals surface area contributed by atoms with Gasteiger partial charge in [0.25, 0.3) is 0 Å². The smallest absolute Gasteiger partial charge is 0.238 e. The number of aromatic nitrogens is 2. The van der Waals surface area contributed by atoms with Crippen LogP contribution in [0.3, 0.4) is 0 Å². The third-order valence-electron chi connectivity index (χ3n) is 4.89. The number of carbonyl (C=O) groups excluding carboxylic acids is 1. The Morgan fingerprint density at radius 1 is 1.21 bits per heavy atom. The maximum absolute atomic E-state index is 13.7. The van der Waals surface area contributed by atoms with E-state index in [2.05, 4.69) is 38.1 Å². The number of para-hydroxylation sites is 1. The molecule has 0 spiro atoms. The number of anilines is 2. The number of piperazine rings is 1. The third-order valence-corrected chi connectivity index (χ3v) is 6.08. The second-order valence-electron chi connectivity index (χ2n) is 6.77. The van der Waals surface area contributed by atoms with E-state index in [-0.39, 0.29) is 18.1 Å². The predicted octanol–water partition coefficient (Wildman–Crippen LogP) is 3.15. The van der Waals surface area contributed by atoms with Gasteiger partial charge in [0, 0.05) is 31.1 Å². The normalized spacial score (nSPS) is 15.1. The van der Waals surface area contributed by atoms with E-state index in [1.807, 2.05) is 0 Å². The van der Waals surface area contributed by atoms with Crippen molar-refractivity contribution >= 4 is 39.0 Å². The number of aryl methyl sites for hydroxylation is 1. The quantitative estimate of drug-likeness (QED) is 0.714. The van der Waals surface area contributed by atoms with Crippen LogP contribution in [0.15, 0.2) is 36.7 Å². The molecule has 0 unspecified atom stereocenters. The summed E-state index contributed by atoms with van der Waals surface area (Å²) >= 11 is 1.71. The molecular formula is C20H22FN5OS. The molecule has 2 aromatic heterocycles. The Morgan fingerprint density at radius 2 is 2.00 bits per heavy atom. The second-order valence-corrected chi connectivity index (χ2v) is 7.89. The van der Waals surface area contributed by atoms with E-state index in [1.54, 1.807) is 35.9 Å². The van der Waals surface area contributed by atoms with E-state index in [1.165, 1.54) is 10.9 Å². The van der Waals surface area contributed by atoms with Gasteiger partial charge < -0.3 is 10.2 Å². The fraction of sp³-hybridized carbons (Fsp3) is 0.350. The lowest BCUT2D eigenvalue weighted by Crippen LogP contribution is -2.49. The van der Waals surface area contributed by atoms with Crippen LogP contribution in [0.5, 0.6) is 0 Å². The molecule has 0 radical (unpaired) electrons. The van der Waals surface area contributed by atoms with E-state index < -0.39 is 5.82 Å². The Morgan fingerprint density at radius 3 is 2.75 bits per heavy atom. The number of fused-ring (bicyclic) bond motifs is 1. The first-order chi connectivity index (χ1) is 13.6. The van der Waals surface area contributed by atoms with Gasteiger partial charge in [0.15, 0.2) is 0 Å². The molecule has 8 heteroatoms. The van der Waals surface area contributed by atoms with E-state index in [9.17, 15) is 9.18 Å². The minimum Gasteiger partial charge on any atom is -0.353 e. The van der Waals surface area contributed by atoms with Crippen LogP contribution in [0, 0.1) is 5.82 Å². The van der Waals surface area contributed by atoms with Crippen LogP contribution in [0.2, 0.25) is 0 Å². The van der Waals surface area contributed by atoms with Crippen molar-refractivity contribution in [3.8, 4) is 0 Å². The molecule has 3 aromatic rings. The Balaban J connectivity index is 1.37. The molecule has 0 saturated carbocycles. The van der Waals surface area contributed by atoms with Crippen LogP contribution < -0.4 is 10.2 Å². The van der Waals surface area contributed by atoms with Crippen molar-refractivity contribution in [2.24, 2.45) is 0 Å². The van der Waals surface area contributed by atoms with E-state index in [0.29, 0.717) is 0 Å². The van der Waals surface area contributed by atoms with Crippen LogP contribution in [0.4, 0.5) is 15.9 Å². The summed E-state index contributed by atoms with van der Waals surface area (Å²) in [6.07, 6.45) is 2.62. The summed E-state index contributed by atoms with van der Waals surface area (Å²) in [5, 5.41) is 3.75.